The van der Waals surface area contributed by atoms with Crippen LogP contribution in [0.5, 0.6) is 0 Å². The first-order chi connectivity index (χ1) is 27.3. The van der Waals surface area contributed by atoms with Crippen molar-refractivity contribution in [3.63, 3.8) is 0 Å². The van der Waals surface area contributed by atoms with E-state index in [-0.39, 0.29) is 0 Å². The molecule has 1 heterocycles. The number of benzene rings is 8. The van der Waals surface area contributed by atoms with Gasteiger partial charge in [0, 0.05) is 31.7 Å². The third-order valence-electron chi connectivity index (χ3n) is 11.8. The van der Waals surface area contributed by atoms with Gasteiger partial charge in [0.1, 0.15) is 0 Å². The first-order valence-electron chi connectivity index (χ1n) is 19.5. The minimum absolute atomic E-state index is 0.340. The summed E-state index contributed by atoms with van der Waals surface area (Å²) in [5, 5.41) is 8.10. The molecule has 0 aliphatic heterocycles. The lowest BCUT2D eigenvalue weighted by molar-refractivity contribution is 0.856. The number of rotatable bonds is 5. The number of allylic oxidation sites excluding steroid dienone is 5. The zero-order valence-electron chi connectivity index (χ0n) is 30.5. The van der Waals surface area contributed by atoms with Crippen LogP contribution in [0.2, 0.25) is 0 Å². The molecule has 1 heteroatoms. The summed E-state index contributed by atoms with van der Waals surface area (Å²) in [6, 6.07) is 56.9. The maximum absolute atomic E-state index is 2.49. The number of hydrogen-bond acceptors (Lipinski definition) is 1. The van der Waals surface area contributed by atoms with E-state index in [4.69, 9.17) is 0 Å². The van der Waals surface area contributed by atoms with Gasteiger partial charge in [-0.3, -0.25) is 0 Å². The van der Waals surface area contributed by atoms with E-state index in [2.05, 4.69) is 188 Å². The maximum atomic E-state index is 2.49. The molecule has 260 valence electrons. The second-order valence-electron chi connectivity index (χ2n) is 15.1. The van der Waals surface area contributed by atoms with Gasteiger partial charge in [-0.25, -0.2) is 0 Å². The summed E-state index contributed by atoms with van der Waals surface area (Å²) >= 11 is 1.94. The Morgan fingerprint density at radius 1 is 0.436 bits per heavy atom. The van der Waals surface area contributed by atoms with Crippen molar-refractivity contribution in [3.05, 3.63) is 199 Å². The highest BCUT2D eigenvalue weighted by Crippen LogP contribution is 2.48. The predicted octanol–water partition coefficient (Wildman–Crippen LogP) is 15.6. The van der Waals surface area contributed by atoms with Gasteiger partial charge in [0.2, 0.25) is 0 Å². The Bertz CT molecular complexity index is 3050. The molecule has 11 rings (SSSR count). The van der Waals surface area contributed by atoms with Crippen LogP contribution < -0.4 is 0 Å². The average Bonchev–Trinajstić information content (AvgIpc) is 3.65. The maximum Gasteiger partial charge on any atom is 0.0434 e. The zero-order valence-corrected chi connectivity index (χ0v) is 31.3. The summed E-state index contributed by atoms with van der Waals surface area (Å²) in [5.74, 6) is 0.340. The zero-order chi connectivity index (χ0) is 36.3. The molecule has 0 nitrogen and oxygen atoms in total. The van der Waals surface area contributed by atoms with E-state index in [9.17, 15) is 0 Å². The van der Waals surface area contributed by atoms with Crippen molar-refractivity contribution in [2.75, 3.05) is 0 Å². The van der Waals surface area contributed by atoms with Gasteiger partial charge < -0.3 is 0 Å². The van der Waals surface area contributed by atoms with E-state index in [1.165, 1.54) is 103 Å². The van der Waals surface area contributed by atoms with Crippen LogP contribution in [0, 0.1) is 0 Å². The SMILES string of the molecule is C1=CCC(c2cc(-c3cccc(-c4ccc5c(c4)c4c(c6ccccc65)CCC=C4)c3)c3sc4c(-c5ccccc5)cc(-c5ccccc5)cc4c3c2)C=C1. The summed E-state index contributed by atoms with van der Waals surface area (Å²) in [6.07, 6.45) is 17.0. The molecular weight excluding hydrogens is 681 g/mol. The molecule has 0 bridgehead atoms. The Morgan fingerprint density at radius 2 is 1.11 bits per heavy atom. The van der Waals surface area contributed by atoms with Gasteiger partial charge in [-0.1, -0.05) is 152 Å². The fourth-order valence-corrected chi connectivity index (χ4v) is 10.4. The Labute approximate surface area is 326 Å². The van der Waals surface area contributed by atoms with Crippen LogP contribution in [0.3, 0.4) is 0 Å². The first kappa shape index (κ1) is 32.2. The van der Waals surface area contributed by atoms with Crippen LogP contribution in [-0.2, 0) is 6.42 Å². The number of hydrogen-bond donors (Lipinski definition) is 0. The molecular formula is C54H38S. The molecule has 1 atom stereocenters. The van der Waals surface area contributed by atoms with E-state index in [1.54, 1.807) is 0 Å². The number of fused-ring (bicyclic) bond motifs is 9. The highest BCUT2D eigenvalue weighted by Gasteiger charge is 2.21. The average molecular weight is 719 g/mol. The Balaban J connectivity index is 1.14. The lowest BCUT2D eigenvalue weighted by atomic mass is 9.85. The summed E-state index contributed by atoms with van der Waals surface area (Å²) in [4.78, 5) is 0. The highest BCUT2D eigenvalue weighted by molar-refractivity contribution is 7.26. The topological polar surface area (TPSA) is 0 Å². The van der Waals surface area contributed by atoms with Crippen molar-refractivity contribution in [2.45, 2.75) is 25.2 Å². The molecule has 1 unspecified atom stereocenters. The fourth-order valence-electron chi connectivity index (χ4n) is 9.11. The lowest BCUT2D eigenvalue weighted by Crippen LogP contribution is -1.98. The monoisotopic (exact) mass is 718 g/mol. The Morgan fingerprint density at radius 3 is 1.93 bits per heavy atom. The van der Waals surface area contributed by atoms with Crippen LogP contribution in [-0.4, -0.2) is 0 Å². The minimum Gasteiger partial charge on any atom is -0.134 e. The molecule has 9 aromatic rings. The van der Waals surface area contributed by atoms with E-state index in [1.807, 2.05) is 11.3 Å². The molecule has 2 aliphatic carbocycles. The van der Waals surface area contributed by atoms with Crippen molar-refractivity contribution in [1.29, 1.82) is 0 Å². The Hall–Kier alpha value is -6.28. The lowest BCUT2D eigenvalue weighted by Gasteiger charge is -2.19. The molecule has 0 saturated carbocycles. The van der Waals surface area contributed by atoms with Crippen molar-refractivity contribution in [2.24, 2.45) is 0 Å². The van der Waals surface area contributed by atoms with Gasteiger partial charge in [0.05, 0.1) is 0 Å². The molecule has 0 amide bonds. The predicted molar refractivity (Wildman–Crippen MR) is 239 cm³/mol. The van der Waals surface area contributed by atoms with Crippen LogP contribution in [0.1, 0.15) is 35.4 Å². The van der Waals surface area contributed by atoms with Gasteiger partial charge in [-0.05, 0) is 133 Å². The quantitative estimate of drug-likeness (QED) is 0.155. The molecule has 0 N–H and O–H groups in total. The molecule has 0 saturated heterocycles. The Kier molecular flexibility index (Phi) is 7.74. The third-order valence-corrected chi connectivity index (χ3v) is 13.1. The normalized spacial score (nSPS) is 15.0. The van der Waals surface area contributed by atoms with E-state index >= 15 is 0 Å². The smallest absolute Gasteiger partial charge is 0.0434 e. The molecule has 2 aliphatic rings. The van der Waals surface area contributed by atoms with Crippen LogP contribution in [0.15, 0.2) is 182 Å². The third kappa shape index (κ3) is 5.50. The van der Waals surface area contributed by atoms with Crippen molar-refractivity contribution >= 4 is 59.1 Å². The molecule has 1 aromatic heterocycles. The first-order valence-corrected chi connectivity index (χ1v) is 20.3. The summed E-state index contributed by atoms with van der Waals surface area (Å²) in [5.41, 5.74) is 14.4. The van der Waals surface area contributed by atoms with Gasteiger partial charge in [-0.2, -0.15) is 0 Å². The molecule has 0 spiro atoms. The van der Waals surface area contributed by atoms with Crippen LogP contribution >= 0.6 is 11.3 Å². The largest absolute Gasteiger partial charge is 0.134 e. The van der Waals surface area contributed by atoms with Gasteiger partial charge >= 0.3 is 0 Å². The van der Waals surface area contributed by atoms with E-state index < -0.39 is 0 Å². The molecule has 0 radical (unpaired) electrons. The van der Waals surface area contributed by atoms with Crippen LogP contribution in [0.4, 0.5) is 0 Å². The fraction of sp³-hybridized carbons (Fsp3) is 0.0741. The highest BCUT2D eigenvalue weighted by atomic mass is 32.1. The molecule has 8 aromatic carbocycles. The van der Waals surface area contributed by atoms with E-state index in [0.717, 1.165) is 19.3 Å². The van der Waals surface area contributed by atoms with Gasteiger partial charge in [0.15, 0.2) is 0 Å². The second kappa shape index (κ2) is 13.2. The van der Waals surface area contributed by atoms with Crippen molar-refractivity contribution < 1.29 is 0 Å². The number of thiophene rings is 1. The van der Waals surface area contributed by atoms with Gasteiger partial charge in [0.25, 0.3) is 0 Å². The van der Waals surface area contributed by atoms with Crippen molar-refractivity contribution in [1.82, 2.24) is 0 Å². The van der Waals surface area contributed by atoms with Crippen LogP contribution in [0.25, 0.3) is 92.3 Å². The number of aryl methyl sites for hydroxylation is 1. The summed E-state index contributed by atoms with van der Waals surface area (Å²) in [6.45, 7) is 0. The molecule has 0 fully saturated rings. The summed E-state index contributed by atoms with van der Waals surface area (Å²) < 4.78 is 2.69. The van der Waals surface area contributed by atoms with E-state index in [0.29, 0.717) is 5.92 Å². The summed E-state index contributed by atoms with van der Waals surface area (Å²) in [7, 11) is 0. The standard InChI is InChI=1S/C54H38S/c1-4-15-35(16-5-1)41-31-48(37-19-8-3-9-20-37)53-51(33-41)52-34-42(36-17-6-2-7-18-36)32-49(54(52)55-53)40-22-14-21-38(29-40)39-27-28-47-45-25-11-10-23-43(45)44-24-12-13-26-46(44)50(47)30-39/h1-11,13-17,19-23,25-34,36H,12,18,24H2. The second-order valence-corrected chi connectivity index (χ2v) is 16.1. The molecule has 55 heavy (non-hydrogen) atoms. The van der Waals surface area contributed by atoms with Gasteiger partial charge in [-0.15, -0.1) is 11.3 Å². The van der Waals surface area contributed by atoms with Crippen molar-refractivity contribution in [3.8, 4) is 44.5 Å². The minimum atomic E-state index is 0.340.